The van der Waals surface area contributed by atoms with Gasteiger partial charge in [-0.2, -0.15) is 0 Å². The van der Waals surface area contributed by atoms with E-state index in [9.17, 15) is 0 Å². The molecule has 0 aromatic heterocycles. The molecule has 0 aliphatic rings. The van der Waals surface area contributed by atoms with Gasteiger partial charge in [0.25, 0.3) is 0 Å². The van der Waals surface area contributed by atoms with Crippen molar-refractivity contribution in [1.29, 1.82) is 0 Å². The first-order valence-electron chi connectivity index (χ1n) is 3.66. The molecule has 0 spiro atoms. The van der Waals surface area contributed by atoms with Crippen LogP contribution in [0.2, 0.25) is 0 Å². The molecule has 0 saturated carbocycles. The summed E-state index contributed by atoms with van der Waals surface area (Å²) in [7, 11) is 1.90. The van der Waals surface area contributed by atoms with Gasteiger partial charge in [-0.25, -0.2) is 0 Å². The number of para-hydroxylation sites is 1. The van der Waals surface area contributed by atoms with E-state index in [1.807, 2.05) is 38.2 Å². The Morgan fingerprint density at radius 1 is 1.36 bits per heavy atom. The van der Waals surface area contributed by atoms with E-state index >= 15 is 0 Å². The van der Waals surface area contributed by atoms with Gasteiger partial charge in [0, 0.05) is 12.7 Å². The van der Waals surface area contributed by atoms with Crippen molar-refractivity contribution in [2.45, 2.75) is 12.3 Å². The molecule has 0 aliphatic carbocycles. The number of nitrogens with one attached hydrogen (secondary N) is 1. The molecule has 11 heavy (non-hydrogen) atoms. The average Bonchev–Trinajstić information content (AvgIpc) is 2.04. The number of anilines is 1. The van der Waals surface area contributed by atoms with E-state index in [2.05, 4.69) is 5.32 Å². The number of hydrogen-bond donors (Lipinski definition) is 1. The van der Waals surface area contributed by atoms with Crippen LogP contribution in [0, 0.1) is 0 Å². The van der Waals surface area contributed by atoms with E-state index in [1.165, 1.54) is 0 Å². The van der Waals surface area contributed by atoms with Crippen molar-refractivity contribution in [3.63, 3.8) is 0 Å². The molecule has 0 aliphatic heterocycles. The van der Waals surface area contributed by atoms with E-state index in [-0.39, 0.29) is 5.38 Å². The Kier molecular flexibility index (Phi) is 2.77. The molecule has 2 heteroatoms. The molecule has 1 nitrogen and oxygen atoms in total. The first-order chi connectivity index (χ1) is 5.25. The largest absolute Gasteiger partial charge is 0.388 e. The Morgan fingerprint density at radius 3 is 2.45 bits per heavy atom. The highest BCUT2D eigenvalue weighted by Gasteiger charge is 2.04. The van der Waals surface area contributed by atoms with Gasteiger partial charge in [0.05, 0.1) is 5.38 Å². The first kappa shape index (κ1) is 8.41. The van der Waals surface area contributed by atoms with Gasteiger partial charge in [0.2, 0.25) is 0 Å². The van der Waals surface area contributed by atoms with Crippen LogP contribution in [0.4, 0.5) is 5.69 Å². The molecular weight excluding hydrogens is 158 g/mol. The lowest BCUT2D eigenvalue weighted by atomic mass is 10.1. The molecule has 1 aromatic rings. The van der Waals surface area contributed by atoms with Gasteiger partial charge in [0.15, 0.2) is 0 Å². The molecule has 0 amide bonds. The van der Waals surface area contributed by atoms with Crippen molar-refractivity contribution in [2.75, 3.05) is 12.4 Å². The molecule has 1 N–H and O–H groups in total. The summed E-state index contributed by atoms with van der Waals surface area (Å²) in [4.78, 5) is 0. The predicted octanol–water partition coefficient (Wildman–Crippen LogP) is 3.03. The summed E-state index contributed by atoms with van der Waals surface area (Å²) in [6, 6.07) is 8.04. The molecule has 60 valence electrons. The topological polar surface area (TPSA) is 12.0 Å². The SMILES string of the molecule is CNc1ccccc1C(C)Cl. The summed E-state index contributed by atoms with van der Waals surface area (Å²) in [5.74, 6) is 0. The highest BCUT2D eigenvalue weighted by molar-refractivity contribution is 6.20. The van der Waals surface area contributed by atoms with Crippen molar-refractivity contribution >= 4 is 17.3 Å². The van der Waals surface area contributed by atoms with Crippen LogP contribution in [0.15, 0.2) is 24.3 Å². The number of halogens is 1. The van der Waals surface area contributed by atoms with Crippen LogP contribution in [0.25, 0.3) is 0 Å². The second-order valence-corrected chi connectivity index (χ2v) is 3.11. The second-order valence-electron chi connectivity index (χ2n) is 2.45. The molecule has 0 radical (unpaired) electrons. The Labute approximate surface area is 72.4 Å². The Bertz CT molecular complexity index is 233. The van der Waals surface area contributed by atoms with E-state index in [0.29, 0.717) is 0 Å². The lowest BCUT2D eigenvalue weighted by Gasteiger charge is -2.09. The third-order valence-corrected chi connectivity index (χ3v) is 1.89. The third-order valence-electron chi connectivity index (χ3n) is 1.66. The summed E-state index contributed by atoms with van der Waals surface area (Å²) in [5, 5.41) is 3.16. The molecule has 0 bridgehead atoms. The van der Waals surface area contributed by atoms with Crippen LogP contribution in [0.1, 0.15) is 17.9 Å². The van der Waals surface area contributed by atoms with Gasteiger partial charge in [0.1, 0.15) is 0 Å². The standard InChI is InChI=1S/C9H12ClN/c1-7(10)8-5-3-4-6-9(8)11-2/h3-7,11H,1-2H3. The minimum Gasteiger partial charge on any atom is -0.388 e. The molecule has 1 unspecified atom stereocenters. The van der Waals surface area contributed by atoms with Gasteiger partial charge in [-0.05, 0) is 18.6 Å². The van der Waals surface area contributed by atoms with Crippen LogP contribution >= 0.6 is 11.6 Å². The van der Waals surface area contributed by atoms with Crippen LogP contribution in [-0.4, -0.2) is 7.05 Å². The molecule has 0 saturated heterocycles. The van der Waals surface area contributed by atoms with Crippen molar-refractivity contribution < 1.29 is 0 Å². The molecule has 0 fully saturated rings. The van der Waals surface area contributed by atoms with E-state index in [4.69, 9.17) is 11.6 Å². The highest BCUT2D eigenvalue weighted by atomic mass is 35.5. The van der Waals surface area contributed by atoms with Gasteiger partial charge in [-0.15, -0.1) is 11.6 Å². The van der Waals surface area contributed by atoms with Crippen molar-refractivity contribution in [3.8, 4) is 0 Å². The maximum Gasteiger partial charge on any atom is 0.0577 e. The molecular formula is C9H12ClN. The highest BCUT2D eigenvalue weighted by Crippen LogP contribution is 2.26. The van der Waals surface area contributed by atoms with E-state index < -0.39 is 0 Å². The molecule has 1 rings (SSSR count). The fraction of sp³-hybridized carbons (Fsp3) is 0.333. The minimum atomic E-state index is 0.0682. The van der Waals surface area contributed by atoms with Crippen LogP contribution < -0.4 is 5.32 Å². The number of hydrogen-bond acceptors (Lipinski definition) is 1. The number of alkyl halides is 1. The zero-order valence-corrected chi connectivity index (χ0v) is 7.52. The Balaban J connectivity index is 3.02. The zero-order valence-electron chi connectivity index (χ0n) is 6.76. The van der Waals surface area contributed by atoms with E-state index in [1.54, 1.807) is 0 Å². The molecule has 0 heterocycles. The van der Waals surface area contributed by atoms with E-state index in [0.717, 1.165) is 11.3 Å². The van der Waals surface area contributed by atoms with Gasteiger partial charge in [-0.3, -0.25) is 0 Å². The quantitative estimate of drug-likeness (QED) is 0.672. The van der Waals surface area contributed by atoms with Gasteiger partial charge < -0.3 is 5.32 Å². The van der Waals surface area contributed by atoms with Gasteiger partial charge in [-0.1, -0.05) is 18.2 Å². The maximum atomic E-state index is 5.95. The number of benzene rings is 1. The fourth-order valence-corrected chi connectivity index (χ4v) is 1.26. The van der Waals surface area contributed by atoms with Crippen LogP contribution in [-0.2, 0) is 0 Å². The summed E-state index contributed by atoms with van der Waals surface area (Å²) >= 11 is 5.95. The normalized spacial score (nSPS) is 12.6. The van der Waals surface area contributed by atoms with Crippen LogP contribution in [0.3, 0.4) is 0 Å². The Morgan fingerprint density at radius 2 is 2.00 bits per heavy atom. The monoisotopic (exact) mass is 169 g/mol. The minimum absolute atomic E-state index is 0.0682. The predicted molar refractivity (Wildman–Crippen MR) is 50.3 cm³/mol. The second kappa shape index (κ2) is 3.63. The summed E-state index contributed by atoms with van der Waals surface area (Å²) in [5.41, 5.74) is 2.26. The number of rotatable bonds is 2. The summed E-state index contributed by atoms with van der Waals surface area (Å²) in [6.07, 6.45) is 0. The van der Waals surface area contributed by atoms with Crippen molar-refractivity contribution in [3.05, 3.63) is 29.8 Å². The molecule has 1 aromatic carbocycles. The third kappa shape index (κ3) is 1.87. The summed E-state index contributed by atoms with van der Waals surface area (Å²) in [6.45, 7) is 1.97. The fourth-order valence-electron chi connectivity index (χ4n) is 1.07. The van der Waals surface area contributed by atoms with Crippen LogP contribution in [0.5, 0.6) is 0 Å². The smallest absolute Gasteiger partial charge is 0.0577 e. The first-order valence-corrected chi connectivity index (χ1v) is 4.10. The summed E-state index contributed by atoms with van der Waals surface area (Å²) < 4.78 is 0. The average molecular weight is 170 g/mol. The lowest BCUT2D eigenvalue weighted by Crippen LogP contribution is -1.94. The van der Waals surface area contributed by atoms with Crippen molar-refractivity contribution in [1.82, 2.24) is 0 Å². The molecule has 1 atom stereocenters. The maximum absolute atomic E-state index is 5.95. The Hall–Kier alpha value is -0.690. The van der Waals surface area contributed by atoms with Gasteiger partial charge >= 0.3 is 0 Å². The lowest BCUT2D eigenvalue weighted by molar-refractivity contribution is 1.08. The van der Waals surface area contributed by atoms with Crippen molar-refractivity contribution in [2.24, 2.45) is 0 Å². The zero-order chi connectivity index (χ0) is 8.27.